The molecular weight excluding hydrogens is 506 g/mol. The van der Waals surface area contributed by atoms with Crippen molar-refractivity contribution in [3.05, 3.63) is 74.7 Å². The zero-order valence-corrected chi connectivity index (χ0v) is 23.2. The number of carbonyl (C=O) groups excluding carboxylic acids is 1. The van der Waals surface area contributed by atoms with Crippen LogP contribution in [0.5, 0.6) is 0 Å². The molecule has 6 nitrogen and oxygen atoms in total. The number of aryl methyl sites for hydroxylation is 3. The van der Waals surface area contributed by atoms with Crippen molar-refractivity contribution < 1.29 is 22.7 Å². The molecule has 0 fully saturated rings. The standard InChI is InChI=1S/C29H33NO5S2/c1-4-19-12-22(21-6-5-20-9-10-35-17-24(20)13-21)11-18(2)26(19)16-28(31)30-37(32,33)29-15-23-14-25(34-3)7-8-27(23)36-29/h5-6,11-13,15,25H,4,7-10,14,16-17H2,1-3H3,(H,30,31). The molecule has 0 radical (unpaired) electrons. The predicted molar refractivity (Wildman–Crippen MR) is 146 cm³/mol. The first-order valence-electron chi connectivity index (χ1n) is 12.8. The number of carbonyl (C=O) groups is 1. The zero-order valence-electron chi connectivity index (χ0n) is 21.6. The Hall–Kier alpha value is -2.52. The molecule has 2 aliphatic rings. The maximum atomic E-state index is 13.0. The van der Waals surface area contributed by atoms with Crippen LogP contribution in [-0.2, 0) is 63.0 Å². The van der Waals surface area contributed by atoms with Crippen LogP contribution >= 0.6 is 11.3 Å². The Kier molecular flexibility index (Phi) is 7.54. The highest BCUT2D eigenvalue weighted by Crippen LogP contribution is 2.33. The van der Waals surface area contributed by atoms with E-state index in [-0.39, 0.29) is 16.7 Å². The van der Waals surface area contributed by atoms with Crippen LogP contribution in [0.15, 0.2) is 40.6 Å². The predicted octanol–water partition coefficient (Wildman–Crippen LogP) is 4.91. The number of thiophene rings is 1. The number of ether oxygens (including phenoxy) is 2. The Morgan fingerprint density at radius 2 is 1.95 bits per heavy atom. The smallest absolute Gasteiger partial charge is 0.273 e. The van der Waals surface area contributed by atoms with Gasteiger partial charge in [0.2, 0.25) is 5.91 Å². The summed E-state index contributed by atoms with van der Waals surface area (Å²) in [5.74, 6) is -0.516. The number of nitrogens with one attached hydrogen (secondary N) is 1. The summed E-state index contributed by atoms with van der Waals surface area (Å²) in [6.45, 7) is 5.44. The lowest BCUT2D eigenvalue weighted by Gasteiger charge is -2.20. The maximum Gasteiger partial charge on any atom is 0.273 e. The van der Waals surface area contributed by atoms with Gasteiger partial charge in [0.1, 0.15) is 4.21 Å². The second kappa shape index (κ2) is 10.7. The van der Waals surface area contributed by atoms with Crippen molar-refractivity contribution in [1.29, 1.82) is 0 Å². The van der Waals surface area contributed by atoms with E-state index in [1.165, 1.54) is 22.5 Å². The summed E-state index contributed by atoms with van der Waals surface area (Å²) in [5.41, 5.74) is 8.69. The third-order valence-corrected chi connectivity index (χ3v) is 10.5. The molecule has 1 aliphatic carbocycles. The number of methoxy groups -OCH3 is 1. The van der Waals surface area contributed by atoms with E-state index < -0.39 is 15.9 Å². The van der Waals surface area contributed by atoms with Crippen molar-refractivity contribution in [2.75, 3.05) is 13.7 Å². The molecule has 1 aliphatic heterocycles. The summed E-state index contributed by atoms with van der Waals surface area (Å²) in [7, 11) is -2.24. The van der Waals surface area contributed by atoms with Crippen molar-refractivity contribution in [2.45, 2.75) is 69.3 Å². The van der Waals surface area contributed by atoms with Crippen molar-refractivity contribution >= 4 is 27.3 Å². The van der Waals surface area contributed by atoms with Crippen LogP contribution in [0, 0.1) is 6.92 Å². The first-order valence-corrected chi connectivity index (χ1v) is 15.1. The zero-order chi connectivity index (χ0) is 26.2. The number of sulfonamides is 1. The minimum Gasteiger partial charge on any atom is -0.381 e. The van der Waals surface area contributed by atoms with Crippen LogP contribution in [0.3, 0.4) is 0 Å². The molecule has 1 amide bonds. The molecular formula is C29H33NO5S2. The molecule has 3 aromatic rings. The van der Waals surface area contributed by atoms with Gasteiger partial charge in [0.05, 0.1) is 25.7 Å². The van der Waals surface area contributed by atoms with Crippen LogP contribution < -0.4 is 4.72 Å². The Bertz CT molecular complexity index is 1440. The van der Waals surface area contributed by atoms with Gasteiger partial charge < -0.3 is 9.47 Å². The van der Waals surface area contributed by atoms with Crippen molar-refractivity contribution in [3.63, 3.8) is 0 Å². The van der Waals surface area contributed by atoms with Crippen LogP contribution in [0.25, 0.3) is 11.1 Å². The van der Waals surface area contributed by atoms with Gasteiger partial charge in [-0.25, -0.2) is 13.1 Å². The minimum absolute atomic E-state index is 0.0172. The number of hydrogen-bond donors (Lipinski definition) is 1. The van der Waals surface area contributed by atoms with Gasteiger partial charge in [-0.05, 0) is 95.7 Å². The fraction of sp³-hybridized carbons (Fsp3) is 0.414. The summed E-state index contributed by atoms with van der Waals surface area (Å²) in [5, 5.41) is 0. The Morgan fingerprint density at radius 1 is 1.11 bits per heavy atom. The Labute approximate surface area is 223 Å². The molecule has 0 bridgehead atoms. The van der Waals surface area contributed by atoms with E-state index >= 15 is 0 Å². The van der Waals surface area contributed by atoms with E-state index in [1.807, 2.05) is 6.92 Å². The highest BCUT2D eigenvalue weighted by molar-refractivity contribution is 7.92. The van der Waals surface area contributed by atoms with Gasteiger partial charge in [-0.2, -0.15) is 0 Å². The summed E-state index contributed by atoms with van der Waals surface area (Å²) in [4.78, 5) is 14.0. The third kappa shape index (κ3) is 5.53. The largest absolute Gasteiger partial charge is 0.381 e. The molecule has 0 spiro atoms. The molecule has 0 saturated carbocycles. The minimum atomic E-state index is -3.92. The van der Waals surface area contributed by atoms with Crippen molar-refractivity contribution in [2.24, 2.45) is 0 Å². The number of fused-ring (bicyclic) bond motifs is 2. The number of amides is 1. The molecule has 1 atom stereocenters. The first kappa shape index (κ1) is 26.1. The fourth-order valence-electron chi connectivity index (χ4n) is 5.37. The van der Waals surface area contributed by atoms with E-state index in [2.05, 4.69) is 42.0 Å². The number of rotatable bonds is 7. The molecule has 196 valence electrons. The van der Waals surface area contributed by atoms with Gasteiger partial charge in [0.15, 0.2) is 0 Å². The fourth-order valence-corrected chi connectivity index (χ4v) is 7.94. The maximum absolute atomic E-state index is 13.0. The average molecular weight is 540 g/mol. The molecule has 1 unspecified atom stereocenters. The monoisotopic (exact) mass is 539 g/mol. The van der Waals surface area contributed by atoms with Crippen LogP contribution in [0.1, 0.15) is 51.6 Å². The highest BCUT2D eigenvalue weighted by atomic mass is 32.2. The summed E-state index contributed by atoms with van der Waals surface area (Å²) in [6.07, 6.45) is 4.19. The lowest BCUT2D eigenvalue weighted by Crippen LogP contribution is -2.31. The molecule has 0 saturated heterocycles. The highest BCUT2D eigenvalue weighted by Gasteiger charge is 2.27. The molecule has 37 heavy (non-hydrogen) atoms. The molecule has 1 N–H and O–H groups in total. The second-order valence-electron chi connectivity index (χ2n) is 9.89. The summed E-state index contributed by atoms with van der Waals surface area (Å²) in [6, 6.07) is 12.4. The third-order valence-electron chi connectivity index (χ3n) is 7.46. The summed E-state index contributed by atoms with van der Waals surface area (Å²) >= 11 is 1.26. The van der Waals surface area contributed by atoms with E-state index in [0.717, 1.165) is 70.5 Å². The van der Waals surface area contributed by atoms with E-state index in [9.17, 15) is 13.2 Å². The SMILES string of the molecule is CCc1cc(-c2ccc3c(c2)COCC3)cc(C)c1CC(=O)NS(=O)(=O)c1cc2c(s1)CCC(OC)C2. The topological polar surface area (TPSA) is 81.7 Å². The quantitative estimate of drug-likeness (QED) is 0.461. The van der Waals surface area contributed by atoms with E-state index in [0.29, 0.717) is 13.0 Å². The van der Waals surface area contributed by atoms with E-state index in [1.54, 1.807) is 13.2 Å². The van der Waals surface area contributed by atoms with Gasteiger partial charge in [-0.15, -0.1) is 11.3 Å². The molecule has 2 heterocycles. The first-order chi connectivity index (χ1) is 17.8. The van der Waals surface area contributed by atoms with Crippen LogP contribution in [-0.4, -0.2) is 34.1 Å². The van der Waals surface area contributed by atoms with Gasteiger partial charge in [0.25, 0.3) is 10.0 Å². The van der Waals surface area contributed by atoms with Crippen molar-refractivity contribution in [1.82, 2.24) is 4.72 Å². The summed E-state index contributed by atoms with van der Waals surface area (Å²) < 4.78 is 39.7. The molecule has 2 aromatic carbocycles. The van der Waals surface area contributed by atoms with E-state index in [4.69, 9.17) is 9.47 Å². The molecule has 1 aromatic heterocycles. The van der Waals surface area contributed by atoms with Crippen molar-refractivity contribution in [3.8, 4) is 11.1 Å². The van der Waals surface area contributed by atoms with Gasteiger partial charge in [-0.1, -0.05) is 31.2 Å². The number of hydrogen-bond acceptors (Lipinski definition) is 6. The molecule has 8 heteroatoms. The Balaban J connectivity index is 1.34. The van der Waals surface area contributed by atoms with Gasteiger partial charge in [0, 0.05) is 12.0 Å². The lowest BCUT2D eigenvalue weighted by atomic mass is 9.90. The van der Waals surface area contributed by atoms with Crippen LogP contribution in [0.2, 0.25) is 0 Å². The normalized spacial score (nSPS) is 17.2. The molecule has 5 rings (SSSR count). The number of benzene rings is 2. The van der Waals surface area contributed by atoms with Gasteiger partial charge >= 0.3 is 0 Å². The Morgan fingerprint density at radius 3 is 2.73 bits per heavy atom. The average Bonchev–Trinajstić information content (AvgIpc) is 3.33. The lowest BCUT2D eigenvalue weighted by molar-refractivity contribution is -0.118. The van der Waals surface area contributed by atoms with Gasteiger partial charge in [-0.3, -0.25) is 4.79 Å². The second-order valence-corrected chi connectivity index (χ2v) is 12.9. The van der Waals surface area contributed by atoms with Crippen LogP contribution in [0.4, 0.5) is 0 Å².